The Kier molecular flexibility index (Phi) is 7.29. The third-order valence-electron chi connectivity index (χ3n) is 6.29. The minimum absolute atomic E-state index is 0.0307. The van der Waals surface area contributed by atoms with Crippen LogP contribution < -0.4 is 4.74 Å². The van der Waals surface area contributed by atoms with Crippen LogP contribution in [-0.2, 0) is 11.3 Å². The van der Waals surface area contributed by atoms with Gasteiger partial charge in [-0.15, -0.1) is 0 Å². The number of aryl methyl sites for hydroxylation is 1. The maximum atomic E-state index is 13.4. The van der Waals surface area contributed by atoms with E-state index in [4.69, 9.17) is 21.6 Å². The number of imide groups is 1. The van der Waals surface area contributed by atoms with Crippen LogP contribution in [0.2, 0.25) is 5.02 Å². The number of nitriles is 1. The van der Waals surface area contributed by atoms with Crippen molar-refractivity contribution in [2.75, 3.05) is 0 Å². The summed E-state index contributed by atoms with van der Waals surface area (Å²) < 4.78 is 21.3. The third-order valence-corrected chi connectivity index (χ3v) is 7.55. The molecule has 9 heteroatoms. The van der Waals surface area contributed by atoms with E-state index in [0.29, 0.717) is 27.5 Å². The lowest BCUT2D eigenvalue weighted by molar-refractivity contribution is -0.123. The van der Waals surface area contributed by atoms with Crippen molar-refractivity contribution in [3.05, 3.63) is 117 Å². The molecule has 0 atom stereocenters. The summed E-state index contributed by atoms with van der Waals surface area (Å²) in [5, 5.41) is 8.70. The number of hydrogen-bond acceptors (Lipinski definition) is 5. The maximum absolute atomic E-state index is 13.4. The van der Waals surface area contributed by atoms with Gasteiger partial charge in [0.05, 0.1) is 23.1 Å². The van der Waals surface area contributed by atoms with E-state index in [2.05, 4.69) is 10.6 Å². The quantitative estimate of drug-likeness (QED) is 0.226. The molecule has 0 aliphatic carbocycles. The Morgan fingerprint density at radius 1 is 1.00 bits per heavy atom. The van der Waals surface area contributed by atoms with Crippen molar-refractivity contribution in [3.8, 4) is 23.3 Å². The van der Waals surface area contributed by atoms with Crippen LogP contribution in [-0.4, -0.2) is 20.6 Å². The van der Waals surface area contributed by atoms with Gasteiger partial charge >= 0.3 is 0 Å². The van der Waals surface area contributed by atoms with Crippen LogP contribution >= 0.6 is 23.4 Å². The fourth-order valence-corrected chi connectivity index (χ4v) is 5.38. The van der Waals surface area contributed by atoms with Crippen molar-refractivity contribution in [2.24, 2.45) is 0 Å². The molecule has 5 rings (SSSR count). The molecule has 194 valence electrons. The maximum Gasteiger partial charge on any atom is 0.293 e. The summed E-state index contributed by atoms with van der Waals surface area (Å²) in [4.78, 5) is 27.1. The Balaban J connectivity index is 1.35. The fourth-order valence-electron chi connectivity index (χ4n) is 4.33. The first kappa shape index (κ1) is 26.3. The van der Waals surface area contributed by atoms with Crippen LogP contribution in [0.3, 0.4) is 0 Å². The molecule has 2 amide bonds. The molecular formula is C30H21ClFN3O3S. The van der Waals surface area contributed by atoms with E-state index < -0.39 is 17.0 Å². The lowest BCUT2D eigenvalue weighted by atomic mass is 10.2. The summed E-state index contributed by atoms with van der Waals surface area (Å²) in [6, 6.07) is 22.4. The zero-order valence-electron chi connectivity index (χ0n) is 20.9. The number of carbonyl (C=O) groups excluding carboxylic acids is 2. The number of hydrogen-bond donors (Lipinski definition) is 0. The molecule has 0 bridgehead atoms. The number of nitrogens with zero attached hydrogens (tertiary/aromatic N) is 3. The Labute approximate surface area is 233 Å². The predicted molar refractivity (Wildman–Crippen MR) is 149 cm³/mol. The van der Waals surface area contributed by atoms with Crippen molar-refractivity contribution < 1.29 is 18.7 Å². The molecule has 0 spiro atoms. The molecule has 0 N–H and O–H groups in total. The zero-order chi connectivity index (χ0) is 27.7. The van der Waals surface area contributed by atoms with Gasteiger partial charge in [0.2, 0.25) is 0 Å². The first-order valence-corrected chi connectivity index (χ1v) is 13.1. The van der Waals surface area contributed by atoms with Crippen LogP contribution in [0.25, 0.3) is 11.8 Å². The van der Waals surface area contributed by atoms with E-state index in [-0.39, 0.29) is 11.6 Å². The topological polar surface area (TPSA) is 75.3 Å². The molecule has 0 saturated carbocycles. The van der Waals surface area contributed by atoms with E-state index in [1.165, 1.54) is 12.1 Å². The largest absolute Gasteiger partial charge is 0.457 e. The predicted octanol–water partition coefficient (Wildman–Crippen LogP) is 7.79. The number of aromatic nitrogens is 1. The monoisotopic (exact) mass is 557 g/mol. The summed E-state index contributed by atoms with van der Waals surface area (Å²) >= 11 is 6.97. The Bertz CT molecular complexity index is 1670. The van der Waals surface area contributed by atoms with Gasteiger partial charge in [-0.3, -0.25) is 14.5 Å². The molecule has 1 aliphatic rings. The second kappa shape index (κ2) is 10.8. The van der Waals surface area contributed by atoms with Crippen molar-refractivity contribution in [2.45, 2.75) is 20.4 Å². The zero-order valence-corrected chi connectivity index (χ0v) is 22.5. The van der Waals surface area contributed by atoms with Gasteiger partial charge in [0.15, 0.2) is 0 Å². The summed E-state index contributed by atoms with van der Waals surface area (Å²) in [6.45, 7) is 3.88. The smallest absolute Gasteiger partial charge is 0.293 e. The molecule has 4 aromatic rings. The highest BCUT2D eigenvalue weighted by atomic mass is 35.5. The SMILES string of the molecule is Cc1cc(/C=C2\SC(=O)N(Cc3ccc(F)cc3Cl)C2=O)c(C)n1-c1ccc(Oc2ccc(C#N)cc2)cc1. The highest BCUT2D eigenvalue weighted by Crippen LogP contribution is 2.35. The number of rotatable bonds is 6. The number of ether oxygens (including phenoxy) is 1. The highest BCUT2D eigenvalue weighted by molar-refractivity contribution is 8.18. The molecule has 1 aliphatic heterocycles. The van der Waals surface area contributed by atoms with Gasteiger partial charge in [0.1, 0.15) is 17.3 Å². The van der Waals surface area contributed by atoms with Crippen molar-refractivity contribution in [1.29, 1.82) is 5.26 Å². The summed E-state index contributed by atoms with van der Waals surface area (Å²) in [5.74, 6) is 0.384. The van der Waals surface area contributed by atoms with E-state index in [1.807, 2.05) is 44.2 Å². The second-order valence-corrected chi connectivity index (χ2v) is 10.3. The average molecular weight is 558 g/mol. The van der Waals surface area contributed by atoms with Gasteiger partial charge < -0.3 is 9.30 Å². The number of benzene rings is 3. The average Bonchev–Trinajstić information content (AvgIpc) is 3.35. The molecule has 3 aromatic carbocycles. The number of amides is 2. The molecule has 39 heavy (non-hydrogen) atoms. The Morgan fingerprint density at radius 2 is 1.67 bits per heavy atom. The number of carbonyl (C=O) groups is 2. The van der Waals surface area contributed by atoms with E-state index >= 15 is 0 Å². The summed E-state index contributed by atoms with van der Waals surface area (Å²) in [6.07, 6.45) is 1.72. The van der Waals surface area contributed by atoms with Gasteiger partial charge in [0.25, 0.3) is 11.1 Å². The van der Waals surface area contributed by atoms with Crippen LogP contribution in [0.4, 0.5) is 9.18 Å². The van der Waals surface area contributed by atoms with Crippen LogP contribution in [0.1, 0.15) is 28.1 Å². The Hall–Kier alpha value is -4.32. The second-order valence-electron chi connectivity index (χ2n) is 8.90. The van der Waals surface area contributed by atoms with Crippen molar-refractivity contribution in [3.63, 3.8) is 0 Å². The van der Waals surface area contributed by atoms with Crippen molar-refractivity contribution in [1.82, 2.24) is 9.47 Å². The normalized spacial score (nSPS) is 14.2. The van der Waals surface area contributed by atoms with Gasteiger partial charge in [-0.05, 0) is 110 Å². The molecule has 6 nitrogen and oxygen atoms in total. The molecule has 1 aromatic heterocycles. The molecular weight excluding hydrogens is 537 g/mol. The van der Waals surface area contributed by atoms with E-state index in [1.54, 1.807) is 30.3 Å². The molecule has 1 saturated heterocycles. The van der Waals surface area contributed by atoms with Crippen molar-refractivity contribution >= 4 is 40.6 Å². The molecule has 2 heterocycles. The van der Waals surface area contributed by atoms with Crippen LogP contribution in [0.15, 0.2) is 77.7 Å². The van der Waals surface area contributed by atoms with Crippen LogP contribution in [0.5, 0.6) is 11.5 Å². The first-order chi connectivity index (χ1) is 18.7. The van der Waals surface area contributed by atoms with Gasteiger partial charge in [-0.25, -0.2) is 4.39 Å². The lowest BCUT2D eigenvalue weighted by Gasteiger charge is -2.13. The molecule has 1 fully saturated rings. The standard InChI is InChI=1S/C30H21ClFN3O3S/c1-18-13-22(14-28-29(36)34(30(37)39-28)17-21-5-6-23(32)15-27(21)31)19(2)35(18)24-7-11-26(12-8-24)38-25-9-3-20(16-33)4-10-25/h3-15H,17H2,1-2H3/b28-14-. The third kappa shape index (κ3) is 5.46. The van der Waals surface area contributed by atoms with Gasteiger partial charge in [-0.2, -0.15) is 5.26 Å². The number of thioether (sulfide) groups is 1. The number of halogens is 2. The minimum Gasteiger partial charge on any atom is -0.457 e. The Morgan fingerprint density at radius 3 is 2.31 bits per heavy atom. The highest BCUT2D eigenvalue weighted by Gasteiger charge is 2.35. The summed E-state index contributed by atoms with van der Waals surface area (Å²) in [5.41, 5.74) is 4.64. The molecule has 0 radical (unpaired) electrons. The lowest BCUT2D eigenvalue weighted by Crippen LogP contribution is -2.27. The van der Waals surface area contributed by atoms with Gasteiger partial charge in [0, 0.05) is 22.1 Å². The first-order valence-electron chi connectivity index (χ1n) is 11.9. The minimum atomic E-state index is -0.485. The fraction of sp³-hybridized carbons (Fsp3) is 0.100. The summed E-state index contributed by atoms with van der Waals surface area (Å²) in [7, 11) is 0. The molecule has 0 unspecified atom stereocenters. The van der Waals surface area contributed by atoms with Crippen LogP contribution in [0, 0.1) is 31.0 Å². The van der Waals surface area contributed by atoms with Gasteiger partial charge in [-0.1, -0.05) is 17.7 Å². The van der Waals surface area contributed by atoms with E-state index in [0.717, 1.165) is 45.4 Å². The van der Waals surface area contributed by atoms with E-state index in [9.17, 15) is 14.0 Å².